The zero-order valence-electron chi connectivity index (χ0n) is 20.5. The quantitative estimate of drug-likeness (QED) is 0.264. The number of allylic oxidation sites excluding steroid dienone is 5. The Morgan fingerprint density at radius 3 is 2.75 bits per heavy atom. The van der Waals surface area contributed by atoms with Gasteiger partial charge in [-0.1, -0.05) is 55.1 Å². The maximum absolute atomic E-state index is 13.2. The number of hydrogen-bond donors (Lipinski definition) is 3. The molecule has 2 heterocycles. The Morgan fingerprint density at radius 1 is 1.19 bits per heavy atom. The molecule has 0 spiro atoms. The minimum atomic E-state index is -0.422. The zero-order chi connectivity index (χ0) is 25.5. The van der Waals surface area contributed by atoms with Crippen LogP contribution in [-0.4, -0.2) is 26.0 Å². The van der Waals surface area contributed by atoms with Gasteiger partial charge in [0.1, 0.15) is 5.75 Å². The van der Waals surface area contributed by atoms with Gasteiger partial charge in [0, 0.05) is 28.9 Å². The minimum absolute atomic E-state index is 0.152. The molecule has 6 heteroatoms. The Bertz CT molecular complexity index is 1430. The summed E-state index contributed by atoms with van der Waals surface area (Å²) in [6.45, 7) is 7.85. The van der Waals surface area contributed by atoms with Crippen LogP contribution in [0.1, 0.15) is 42.5 Å². The molecule has 0 saturated heterocycles. The molecule has 6 nitrogen and oxygen atoms in total. The smallest absolute Gasteiger partial charge is 0.225 e. The van der Waals surface area contributed by atoms with E-state index in [0.29, 0.717) is 12.2 Å². The molecule has 0 saturated carbocycles. The summed E-state index contributed by atoms with van der Waals surface area (Å²) in [4.78, 5) is 25.8. The number of phenolic OH excluding ortho intramolecular Hbond substituents is 1. The third-order valence-electron chi connectivity index (χ3n) is 6.05. The lowest BCUT2D eigenvalue weighted by Crippen LogP contribution is -2.32. The Hall–Kier alpha value is -4.45. The van der Waals surface area contributed by atoms with Crippen molar-refractivity contribution in [1.82, 2.24) is 20.3 Å². The number of aromatic nitrogens is 3. The van der Waals surface area contributed by atoms with Gasteiger partial charge in [0.15, 0.2) is 5.82 Å². The normalized spacial score (nSPS) is 12.9. The second-order valence-corrected chi connectivity index (χ2v) is 8.63. The number of aromatic hydroxyl groups is 1. The summed E-state index contributed by atoms with van der Waals surface area (Å²) in [7, 11) is 0. The van der Waals surface area contributed by atoms with Gasteiger partial charge in [-0.2, -0.15) is 0 Å². The second kappa shape index (κ2) is 11.3. The fourth-order valence-corrected chi connectivity index (χ4v) is 4.17. The van der Waals surface area contributed by atoms with Crippen LogP contribution in [0.15, 0.2) is 97.4 Å². The van der Waals surface area contributed by atoms with E-state index >= 15 is 0 Å². The number of aromatic amines is 1. The van der Waals surface area contributed by atoms with E-state index in [0.717, 1.165) is 38.9 Å². The molecule has 0 aliphatic carbocycles. The molecule has 1 unspecified atom stereocenters. The fourth-order valence-electron chi connectivity index (χ4n) is 4.17. The van der Waals surface area contributed by atoms with Crippen LogP contribution >= 0.6 is 0 Å². The first-order valence-corrected chi connectivity index (χ1v) is 11.9. The van der Waals surface area contributed by atoms with Gasteiger partial charge in [-0.3, -0.25) is 4.79 Å². The van der Waals surface area contributed by atoms with Gasteiger partial charge < -0.3 is 15.4 Å². The van der Waals surface area contributed by atoms with E-state index in [4.69, 9.17) is 4.98 Å². The predicted octanol–water partition coefficient (Wildman–Crippen LogP) is 5.84. The molecule has 3 N–H and O–H groups in total. The number of nitrogens with one attached hydrogen (secondary N) is 2. The highest BCUT2D eigenvalue weighted by Gasteiger charge is 2.20. The largest absolute Gasteiger partial charge is 0.508 e. The minimum Gasteiger partial charge on any atom is -0.508 e. The molecule has 4 aromatic rings. The van der Waals surface area contributed by atoms with Crippen molar-refractivity contribution in [3.63, 3.8) is 0 Å². The monoisotopic (exact) mass is 478 g/mol. The van der Waals surface area contributed by atoms with Crippen molar-refractivity contribution in [3.8, 4) is 5.75 Å². The van der Waals surface area contributed by atoms with Crippen molar-refractivity contribution >= 4 is 22.4 Å². The van der Waals surface area contributed by atoms with Crippen LogP contribution in [0.2, 0.25) is 0 Å². The van der Waals surface area contributed by atoms with Crippen LogP contribution < -0.4 is 5.32 Å². The predicted molar refractivity (Wildman–Crippen MR) is 144 cm³/mol. The summed E-state index contributed by atoms with van der Waals surface area (Å²) in [6, 6.07) is 16.5. The van der Waals surface area contributed by atoms with Crippen molar-refractivity contribution in [2.45, 2.75) is 32.7 Å². The van der Waals surface area contributed by atoms with E-state index in [9.17, 15) is 9.90 Å². The molecule has 36 heavy (non-hydrogen) atoms. The van der Waals surface area contributed by atoms with Gasteiger partial charge in [0.2, 0.25) is 5.91 Å². The highest BCUT2D eigenvalue weighted by molar-refractivity contribution is 5.89. The summed E-state index contributed by atoms with van der Waals surface area (Å²) >= 11 is 0. The Kier molecular flexibility index (Phi) is 7.75. The van der Waals surface area contributed by atoms with Gasteiger partial charge in [-0.05, 0) is 61.2 Å². The average molecular weight is 479 g/mol. The van der Waals surface area contributed by atoms with Crippen LogP contribution in [0.25, 0.3) is 16.5 Å². The number of H-pyrrole nitrogens is 1. The van der Waals surface area contributed by atoms with E-state index in [1.54, 1.807) is 36.7 Å². The van der Waals surface area contributed by atoms with Crippen LogP contribution in [-0.2, 0) is 17.6 Å². The maximum Gasteiger partial charge on any atom is 0.225 e. The van der Waals surface area contributed by atoms with E-state index in [-0.39, 0.29) is 18.1 Å². The molecule has 0 aliphatic heterocycles. The van der Waals surface area contributed by atoms with Crippen molar-refractivity contribution in [3.05, 3.63) is 120 Å². The average Bonchev–Trinajstić information content (AvgIpc) is 3.28. The SMILES string of the molecule is C=CC(C)=C(C=CC)c1ccnc(C(Cc2ccccc2)NC(=O)Cc2c[nH]c3ccc(O)cc23)n1. The van der Waals surface area contributed by atoms with Crippen LogP contribution in [0.5, 0.6) is 5.75 Å². The lowest BCUT2D eigenvalue weighted by molar-refractivity contribution is -0.121. The first-order chi connectivity index (χ1) is 17.5. The lowest BCUT2D eigenvalue weighted by atomic mass is 10.0. The van der Waals surface area contributed by atoms with Crippen molar-refractivity contribution in [1.29, 1.82) is 0 Å². The van der Waals surface area contributed by atoms with Crippen LogP contribution in [0, 0.1) is 0 Å². The summed E-state index contributed by atoms with van der Waals surface area (Å²) in [5.74, 6) is 0.552. The molecule has 1 amide bonds. The zero-order valence-corrected chi connectivity index (χ0v) is 20.5. The van der Waals surface area contributed by atoms with Crippen molar-refractivity contribution < 1.29 is 9.90 Å². The highest BCUT2D eigenvalue weighted by atomic mass is 16.3. The van der Waals surface area contributed by atoms with Crippen LogP contribution in [0.4, 0.5) is 0 Å². The molecule has 2 aromatic heterocycles. The third kappa shape index (κ3) is 5.78. The molecule has 1 atom stereocenters. The number of hydrogen-bond acceptors (Lipinski definition) is 4. The van der Waals surface area contributed by atoms with E-state index in [2.05, 4.69) is 21.9 Å². The number of amides is 1. The number of phenols is 1. The number of carbonyl (C=O) groups is 1. The summed E-state index contributed by atoms with van der Waals surface area (Å²) in [6.07, 6.45) is 10.0. The second-order valence-electron chi connectivity index (χ2n) is 8.63. The van der Waals surface area contributed by atoms with Gasteiger partial charge in [0.25, 0.3) is 0 Å². The Morgan fingerprint density at radius 2 is 2.00 bits per heavy atom. The molecule has 2 aromatic carbocycles. The standard InChI is InChI=1S/C30H30N4O2/c1-4-9-24(20(3)5-2)27-14-15-31-30(34-27)28(16-21-10-7-6-8-11-21)33-29(36)17-22-19-32-26-13-12-23(35)18-25(22)26/h4-15,18-19,28,32,35H,2,16-17H2,1,3H3,(H,33,36). The number of benzene rings is 2. The molecule has 4 rings (SSSR count). The van der Waals surface area contributed by atoms with E-state index in [1.807, 2.05) is 62.4 Å². The Balaban J connectivity index is 1.65. The highest BCUT2D eigenvalue weighted by Crippen LogP contribution is 2.25. The van der Waals surface area contributed by atoms with Crippen molar-refractivity contribution in [2.24, 2.45) is 0 Å². The van der Waals surface area contributed by atoms with E-state index in [1.165, 1.54) is 0 Å². The molecule has 182 valence electrons. The molecule has 0 radical (unpaired) electrons. The first kappa shape index (κ1) is 24.7. The molecular weight excluding hydrogens is 448 g/mol. The summed E-state index contributed by atoms with van der Waals surface area (Å²) in [5.41, 5.74) is 5.48. The first-order valence-electron chi connectivity index (χ1n) is 11.9. The number of fused-ring (bicyclic) bond motifs is 1. The van der Waals surface area contributed by atoms with Gasteiger partial charge >= 0.3 is 0 Å². The molecular formula is C30H30N4O2. The number of carbonyl (C=O) groups excluding carboxylic acids is 1. The van der Waals surface area contributed by atoms with Crippen LogP contribution in [0.3, 0.4) is 0 Å². The molecule has 0 bridgehead atoms. The third-order valence-corrected chi connectivity index (χ3v) is 6.05. The van der Waals surface area contributed by atoms with Gasteiger partial charge in [-0.15, -0.1) is 0 Å². The molecule has 0 fully saturated rings. The summed E-state index contributed by atoms with van der Waals surface area (Å²) in [5, 5.41) is 13.9. The number of nitrogens with zero attached hydrogens (tertiary/aromatic N) is 2. The van der Waals surface area contributed by atoms with Gasteiger partial charge in [0.05, 0.1) is 18.2 Å². The number of rotatable bonds is 9. The Labute approximate surface area is 211 Å². The van der Waals surface area contributed by atoms with Crippen molar-refractivity contribution in [2.75, 3.05) is 0 Å². The van der Waals surface area contributed by atoms with E-state index < -0.39 is 6.04 Å². The summed E-state index contributed by atoms with van der Waals surface area (Å²) < 4.78 is 0. The topological polar surface area (TPSA) is 90.9 Å². The fraction of sp³-hybridized carbons (Fsp3) is 0.167. The molecule has 0 aliphatic rings. The van der Waals surface area contributed by atoms with Gasteiger partial charge in [-0.25, -0.2) is 9.97 Å². The maximum atomic E-state index is 13.2. The lowest BCUT2D eigenvalue weighted by Gasteiger charge is -2.19.